The van der Waals surface area contributed by atoms with Crippen LogP contribution in [0.5, 0.6) is 0 Å². The molecule has 0 amide bonds. The molecule has 0 saturated carbocycles. The third-order valence-corrected chi connectivity index (χ3v) is 2.67. The summed E-state index contributed by atoms with van der Waals surface area (Å²) in [5.41, 5.74) is 0.380. The average Bonchev–Trinajstić information content (AvgIpc) is 2.51. The van der Waals surface area contributed by atoms with Crippen LogP contribution in [-0.4, -0.2) is 9.55 Å². The Morgan fingerprint density at radius 2 is 2.08 bits per heavy atom. The molecule has 0 saturated heterocycles. The summed E-state index contributed by atoms with van der Waals surface area (Å²) in [6, 6.07) is 0. The molecule has 0 unspecified atom stereocenters. The van der Waals surface area contributed by atoms with Crippen molar-refractivity contribution in [3.05, 3.63) is 18.2 Å². The van der Waals surface area contributed by atoms with E-state index in [1.807, 2.05) is 6.20 Å². The predicted molar refractivity (Wildman–Crippen MR) is 55.7 cm³/mol. The Labute approximate surface area is 81.0 Å². The van der Waals surface area contributed by atoms with E-state index in [1.54, 1.807) is 0 Å². The molecular formula is C11H20N2. The van der Waals surface area contributed by atoms with E-state index in [0.29, 0.717) is 5.41 Å². The molecule has 0 radical (unpaired) electrons. The molecule has 0 fully saturated rings. The minimum Gasteiger partial charge on any atom is -0.334 e. The number of imidazole rings is 1. The Hall–Kier alpha value is -0.790. The summed E-state index contributed by atoms with van der Waals surface area (Å²) in [7, 11) is 0. The summed E-state index contributed by atoms with van der Waals surface area (Å²) in [4.78, 5) is 4.32. The van der Waals surface area contributed by atoms with E-state index in [0.717, 1.165) is 13.0 Å². The lowest BCUT2D eigenvalue weighted by molar-refractivity contribution is 0.290. The Morgan fingerprint density at radius 3 is 2.62 bits per heavy atom. The first-order chi connectivity index (χ1) is 6.09. The normalized spacial score (nSPS) is 12.0. The van der Waals surface area contributed by atoms with Gasteiger partial charge in [0.15, 0.2) is 0 Å². The number of nitrogens with zero attached hydrogens (tertiary/aromatic N) is 2. The second-order valence-corrected chi connectivity index (χ2v) is 4.34. The molecule has 74 valence electrons. The van der Waals surface area contributed by atoms with Gasteiger partial charge >= 0.3 is 0 Å². The maximum Gasteiger partial charge on any atom is 0.108 e. The van der Waals surface area contributed by atoms with Crippen LogP contribution in [0, 0.1) is 5.41 Å². The second-order valence-electron chi connectivity index (χ2n) is 4.34. The third-order valence-electron chi connectivity index (χ3n) is 2.67. The van der Waals surface area contributed by atoms with Crippen LogP contribution >= 0.6 is 0 Å². The highest BCUT2D eigenvalue weighted by atomic mass is 15.1. The summed E-state index contributed by atoms with van der Waals surface area (Å²) in [6.45, 7) is 10.1. The van der Waals surface area contributed by atoms with E-state index < -0.39 is 0 Å². The zero-order chi connectivity index (χ0) is 9.90. The van der Waals surface area contributed by atoms with Crippen molar-refractivity contribution in [3.63, 3.8) is 0 Å². The van der Waals surface area contributed by atoms with Crippen LogP contribution in [0.4, 0.5) is 0 Å². The highest BCUT2D eigenvalue weighted by molar-refractivity contribution is 4.92. The van der Waals surface area contributed by atoms with Gasteiger partial charge < -0.3 is 4.57 Å². The van der Waals surface area contributed by atoms with Crippen molar-refractivity contribution in [2.45, 2.75) is 47.1 Å². The van der Waals surface area contributed by atoms with Crippen LogP contribution in [0.2, 0.25) is 0 Å². The number of hydrogen-bond acceptors (Lipinski definition) is 1. The van der Waals surface area contributed by atoms with Crippen LogP contribution < -0.4 is 0 Å². The molecule has 0 aromatic carbocycles. The van der Waals surface area contributed by atoms with Crippen LogP contribution in [0.25, 0.3) is 0 Å². The smallest absolute Gasteiger partial charge is 0.108 e. The molecular weight excluding hydrogens is 160 g/mol. The summed E-state index contributed by atoms with van der Waals surface area (Å²) < 4.78 is 2.27. The molecule has 0 N–H and O–H groups in total. The highest BCUT2D eigenvalue weighted by Crippen LogP contribution is 2.22. The van der Waals surface area contributed by atoms with Gasteiger partial charge in [-0.2, -0.15) is 0 Å². The predicted octanol–water partition coefficient (Wildman–Crippen LogP) is 2.88. The van der Waals surface area contributed by atoms with Gasteiger partial charge in [0, 0.05) is 25.4 Å². The number of hydrogen-bond donors (Lipinski definition) is 0. The quantitative estimate of drug-likeness (QED) is 0.696. The van der Waals surface area contributed by atoms with E-state index in [1.165, 1.54) is 12.2 Å². The van der Waals surface area contributed by atoms with Gasteiger partial charge in [-0.25, -0.2) is 4.98 Å². The standard InChI is InChI=1S/C11H20N2/c1-5-10-12-7-8-13(10)9-11(3,4)6-2/h7-8H,5-6,9H2,1-4H3. The summed E-state index contributed by atoms with van der Waals surface area (Å²) in [6.07, 6.45) is 6.20. The maximum atomic E-state index is 4.32. The van der Waals surface area contributed by atoms with E-state index in [4.69, 9.17) is 0 Å². The number of aromatic nitrogens is 2. The summed E-state index contributed by atoms with van der Waals surface area (Å²) in [5.74, 6) is 1.20. The van der Waals surface area contributed by atoms with Gasteiger partial charge in [-0.1, -0.05) is 27.7 Å². The monoisotopic (exact) mass is 180 g/mol. The summed E-state index contributed by atoms with van der Waals surface area (Å²) >= 11 is 0. The van der Waals surface area contributed by atoms with Gasteiger partial charge in [-0.05, 0) is 11.8 Å². The Kier molecular flexibility index (Phi) is 3.12. The van der Waals surface area contributed by atoms with Crippen molar-refractivity contribution < 1.29 is 0 Å². The molecule has 0 atom stereocenters. The largest absolute Gasteiger partial charge is 0.334 e. The molecule has 0 bridgehead atoms. The zero-order valence-electron chi connectivity index (χ0n) is 9.17. The van der Waals surface area contributed by atoms with Crippen LogP contribution in [-0.2, 0) is 13.0 Å². The molecule has 0 aliphatic rings. The van der Waals surface area contributed by atoms with Crippen LogP contribution in [0.1, 0.15) is 39.9 Å². The minimum atomic E-state index is 0.380. The van der Waals surface area contributed by atoms with Crippen molar-refractivity contribution >= 4 is 0 Å². The number of aryl methyl sites for hydroxylation is 1. The Bertz CT molecular complexity index is 261. The molecule has 1 aromatic rings. The second kappa shape index (κ2) is 3.95. The Balaban J connectivity index is 2.73. The first kappa shape index (κ1) is 10.3. The molecule has 1 aromatic heterocycles. The van der Waals surface area contributed by atoms with Crippen molar-refractivity contribution in [3.8, 4) is 0 Å². The van der Waals surface area contributed by atoms with Gasteiger partial charge in [-0.15, -0.1) is 0 Å². The van der Waals surface area contributed by atoms with Crippen molar-refractivity contribution in [2.24, 2.45) is 5.41 Å². The third kappa shape index (κ3) is 2.58. The Morgan fingerprint density at radius 1 is 1.38 bits per heavy atom. The van der Waals surface area contributed by atoms with Crippen molar-refractivity contribution in [1.82, 2.24) is 9.55 Å². The molecule has 1 rings (SSSR count). The zero-order valence-corrected chi connectivity index (χ0v) is 9.17. The van der Waals surface area contributed by atoms with Gasteiger partial charge in [0.2, 0.25) is 0 Å². The maximum absolute atomic E-state index is 4.32. The van der Waals surface area contributed by atoms with Gasteiger partial charge in [0.05, 0.1) is 0 Å². The van der Waals surface area contributed by atoms with E-state index in [-0.39, 0.29) is 0 Å². The first-order valence-corrected chi connectivity index (χ1v) is 5.09. The molecule has 1 heterocycles. The SMILES string of the molecule is CCc1nccn1CC(C)(C)CC. The summed E-state index contributed by atoms with van der Waals surface area (Å²) in [5, 5.41) is 0. The fourth-order valence-corrected chi connectivity index (χ4v) is 1.37. The fraction of sp³-hybridized carbons (Fsp3) is 0.727. The number of rotatable bonds is 4. The lowest BCUT2D eigenvalue weighted by atomic mass is 9.90. The van der Waals surface area contributed by atoms with Crippen LogP contribution in [0.15, 0.2) is 12.4 Å². The lowest BCUT2D eigenvalue weighted by Gasteiger charge is -2.23. The van der Waals surface area contributed by atoms with Crippen LogP contribution in [0.3, 0.4) is 0 Å². The minimum absolute atomic E-state index is 0.380. The molecule has 0 aliphatic carbocycles. The molecule has 2 nitrogen and oxygen atoms in total. The van der Waals surface area contributed by atoms with Gasteiger partial charge in [0.25, 0.3) is 0 Å². The molecule has 13 heavy (non-hydrogen) atoms. The van der Waals surface area contributed by atoms with E-state index >= 15 is 0 Å². The van der Waals surface area contributed by atoms with Gasteiger partial charge in [-0.3, -0.25) is 0 Å². The van der Waals surface area contributed by atoms with Gasteiger partial charge in [0.1, 0.15) is 5.82 Å². The van der Waals surface area contributed by atoms with Crippen molar-refractivity contribution in [2.75, 3.05) is 0 Å². The molecule has 0 spiro atoms. The van der Waals surface area contributed by atoms with E-state index in [9.17, 15) is 0 Å². The van der Waals surface area contributed by atoms with Crippen molar-refractivity contribution in [1.29, 1.82) is 0 Å². The highest BCUT2D eigenvalue weighted by Gasteiger charge is 2.16. The topological polar surface area (TPSA) is 17.8 Å². The first-order valence-electron chi connectivity index (χ1n) is 5.09. The molecule has 2 heteroatoms. The lowest BCUT2D eigenvalue weighted by Crippen LogP contribution is -2.19. The van der Waals surface area contributed by atoms with E-state index in [2.05, 4.69) is 43.4 Å². The average molecular weight is 180 g/mol. The fourth-order valence-electron chi connectivity index (χ4n) is 1.37. The molecule has 0 aliphatic heterocycles.